The second kappa shape index (κ2) is 8.72. The van der Waals surface area contributed by atoms with Gasteiger partial charge >= 0.3 is 0 Å². The van der Waals surface area contributed by atoms with Gasteiger partial charge in [-0.25, -0.2) is 0 Å². The molecule has 0 radical (unpaired) electrons. The molecule has 0 aliphatic carbocycles. The Bertz CT molecular complexity index is 733. The molecule has 138 valence electrons. The molecule has 0 saturated carbocycles. The van der Waals surface area contributed by atoms with Gasteiger partial charge in [0.25, 0.3) is 0 Å². The summed E-state index contributed by atoms with van der Waals surface area (Å²) in [5.41, 5.74) is 2.35. The van der Waals surface area contributed by atoms with E-state index in [2.05, 4.69) is 22.3 Å². The number of methoxy groups -OCH3 is 1. The van der Waals surface area contributed by atoms with Gasteiger partial charge < -0.3 is 14.8 Å². The van der Waals surface area contributed by atoms with Gasteiger partial charge in [0.05, 0.1) is 20.3 Å². The highest BCUT2D eigenvalue weighted by molar-refractivity contribution is 5.79. The van der Waals surface area contributed by atoms with Crippen molar-refractivity contribution in [2.24, 2.45) is 0 Å². The summed E-state index contributed by atoms with van der Waals surface area (Å²) in [6.45, 7) is 4.51. The fourth-order valence-corrected chi connectivity index (χ4v) is 3.38. The van der Waals surface area contributed by atoms with Crippen LogP contribution in [0.15, 0.2) is 48.5 Å². The number of amides is 1. The minimum Gasteiger partial charge on any atom is -0.493 e. The normalized spacial score (nSPS) is 17.6. The van der Waals surface area contributed by atoms with Crippen LogP contribution in [-0.2, 0) is 17.8 Å². The summed E-state index contributed by atoms with van der Waals surface area (Å²) in [6, 6.07) is 16.4. The molecule has 1 aliphatic rings. The van der Waals surface area contributed by atoms with Crippen LogP contribution in [-0.4, -0.2) is 43.7 Å². The molecule has 3 rings (SSSR count). The molecule has 1 heterocycles. The minimum atomic E-state index is 0.0788. The van der Waals surface area contributed by atoms with Crippen LogP contribution in [0.4, 0.5) is 0 Å². The van der Waals surface area contributed by atoms with Gasteiger partial charge in [-0.05, 0) is 36.6 Å². The summed E-state index contributed by atoms with van der Waals surface area (Å²) in [5, 5.41) is 3.10. The molecule has 0 unspecified atom stereocenters. The first-order chi connectivity index (χ1) is 12.7. The van der Waals surface area contributed by atoms with E-state index in [9.17, 15) is 4.79 Å². The van der Waals surface area contributed by atoms with E-state index in [1.165, 1.54) is 5.56 Å². The molecule has 1 aliphatic heterocycles. The van der Waals surface area contributed by atoms with Gasteiger partial charge in [-0.2, -0.15) is 0 Å². The zero-order valence-corrected chi connectivity index (χ0v) is 15.4. The van der Waals surface area contributed by atoms with E-state index < -0.39 is 0 Å². The first-order valence-electron chi connectivity index (χ1n) is 9.03. The Morgan fingerprint density at radius 3 is 2.65 bits per heavy atom. The van der Waals surface area contributed by atoms with E-state index in [0.717, 1.165) is 30.0 Å². The Labute approximate surface area is 154 Å². The van der Waals surface area contributed by atoms with E-state index in [1.807, 2.05) is 43.3 Å². The number of benzene rings is 2. The number of carbonyl (C=O) groups excluding carboxylic acids is 1. The smallest absolute Gasteiger partial charge is 0.234 e. The molecule has 2 aromatic rings. The number of rotatable bonds is 7. The highest BCUT2D eigenvalue weighted by atomic mass is 16.5. The summed E-state index contributed by atoms with van der Waals surface area (Å²) < 4.78 is 11.0. The van der Waals surface area contributed by atoms with E-state index in [1.54, 1.807) is 7.11 Å². The third-order valence-corrected chi connectivity index (χ3v) is 4.47. The third-order valence-electron chi connectivity index (χ3n) is 4.47. The van der Waals surface area contributed by atoms with Crippen LogP contribution in [0.5, 0.6) is 11.5 Å². The zero-order valence-electron chi connectivity index (χ0n) is 15.4. The first-order valence-corrected chi connectivity index (χ1v) is 9.03. The molecular weight excluding hydrogens is 328 g/mol. The monoisotopic (exact) mass is 354 g/mol. The van der Waals surface area contributed by atoms with Crippen molar-refractivity contribution in [3.8, 4) is 11.5 Å². The third kappa shape index (κ3) is 4.76. The van der Waals surface area contributed by atoms with Crippen LogP contribution in [0, 0.1) is 0 Å². The van der Waals surface area contributed by atoms with Gasteiger partial charge in [0.1, 0.15) is 0 Å². The molecule has 0 bridgehead atoms. The topological polar surface area (TPSA) is 50.8 Å². The average Bonchev–Trinajstić information content (AvgIpc) is 2.63. The van der Waals surface area contributed by atoms with Crippen molar-refractivity contribution in [3.05, 3.63) is 59.7 Å². The number of hydrogen-bond donors (Lipinski definition) is 1. The van der Waals surface area contributed by atoms with Gasteiger partial charge in [0, 0.05) is 19.1 Å². The number of piperazine rings is 1. The maximum Gasteiger partial charge on any atom is 0.234 e. The quantitative estimate of drug-likeness (QED) is 0.830. The van der Waals surface area contributed by atoms with Crippen LogP contribution < -0.4 is 14.8 Å². The van der Waals surface area contributed by atoms with Crippen molar-refractivity contribution >= 4 is 5.91 Å². The highest BCUT2D eigenvalue weighted by Gasteiger charge is 2.25. The second-order valence-electron chi connectivity index (χ2n) is 6.54. The number of nitrogens with zero attached hydrogens (tertiary/aromatic N) is 1. The summed E-state index contributed by atoms with van der Waals surface area (Å²) in [7, 11) is 1.64. The van der Waals surface area contributed by atoms with Gasteiger partial charge in [-0.15, -0.1) is 0 Å². The number of hydrogen-bond acceptors (Lipinski definition) is 4. The molecule has 5 heteroatoms. The highest BCUT2D eigenvalue weighted by Crippen LogP contribution is 2.28. The number of ether oxygens (including phenoxy) is 2. The van der Waals surface area contributed by atoms with Crippen LogP contribution in [0.2, 0.25) is 0 Å². The lowest BCUT2D eigenvalue weighted by atomic mass is 10.0. The van der Waals surface area contributed by atoms with E-state index in [-0.39, 0.29) is 11.9 Å². The zero-order chi connectivity index (χ0) is 18.4. The molecule has 1 fully saturated rings. The van der Waals surface area contributed by atoms with Gasteiger partial charge in [-0.3, -0.25) is 9.69 Å². The van der Waals surface area contributed by atoms with Crippen LogP contribution in [0.1, 0.15) is 18.1 Å². The molecule has 0 spiro atoms. The van der Waals surface area contributed by atoms with Crippen molar-refractivity contribution in [3.63, 3.8) is 0 Å². The summed E-state index contributed by atoms with van der Waals surface area (Å²) in [4.78, 5) is 14.3. The molecule has 1 amide bonds. The molecular formula is C21H26N2O3. The van der Waals surface area contributed by atoms with Crippen molar-refractivity contribution in [2.75, 3.05) is 26.8 Å². The Morgan fingerprint density at radius 1 is 1.12 bits per heavy atom. The largest absolute Gasteiger partial charge is 0.493 e. The number of nitrogens with one attached hydrogen (secondary N) is 1. The Morgan fingerprint density at radius 2 is 1.92 bits per heavy atom. The summed E-state index contributed by atoms with van der Waals surface area (Å²) in [6.07, 6.45) is 0.843. The first kappa shape index (κ1) is 18.3. The molecule has 1 atom stereocenters. The van der Waals surface area contributed by atoms with Gasteiger partial charge in [0.2, 0.25) is 5.91 Å². The maximum atomic E-state index is 12.1. The SMILES string of the molecule is CCOc1ccc(CN2CC(=O)N[C@@H](Cc3ccccc3)C2)cc1OC. The van der Waals surface area contributed by atoms with Gasteiger partial charge in [0.15, 0.2) is 11.5 Å². The van der Waals surface area contributed by atoms with E-state index in [0.29, 0.717) is 19.7 Å². The predicted molar refractivity (Wildman–Crippen MR) is 102 cm³/mol. The lowest BCUT2D eigenvalue weighted by Crippen LogP contribution is -2.54. The standard InChI is InChI=1S/C21H26N2O3/c1-3-26-19-10-9-17(12-20(19)25-2)13-23-14-18(22-21(24)15-23)11-16-7-5-4-6-8-16/h4-10,12,18H,3,11,13-15H2,1-2H3,(H,22,24)/t18-/m0/s1. The predicted octanol–water partition coefficient (Wildman–Crippen LogP) is 2.64. The molecule has 2 aromatic carbocycles. The molecule has 5 nitrogen and oxygen atoms in total. The fourth-order valence-electron chi connectivity index (χ4n) is 3.38. The van der Waals surface area contributed by atoms with Crippen molar-refractivity contribution in [2.45, 2.75) is 25.9 Å². The average molecular weight is 354 g/mol. The Hall–Kier alpha value is -2.53. The Balaban J connectivity index is 1.66. The van der Waals surface area contributed by atoms with Crippen LogP contribution >= 0.6 is 0 Å². The minimum absolute atomic E-state index is 0.0788. The van der Waals surface area contributed by atoms with Crippen molar-refractivity contribution in [1.82, 2.24) is 10.2 Å². The number of carbonyl (C=O) groups is 1. The van der Waals surface area contributed by atoms with Crippen LogP contribution in [0.3, 0.4) is 0 Å². The second-order valence-corrected chi connectivity index (χ2v) is 6.54. The molecule has 0 aromatic heterocycles. The van der Waals surface area contributed by atoms with Crippen LogP contribution in [0.25, 0.3) is 0 Å². The van der Waals surface area contributed by atoms with E-state index >= 15 is 0 Å². The Kier molecular flexibility index (Phi) is 6.12. The maximum absolute atomic E-state index is 12.1. The summed E-state index contributed by atoms with van der Waals surface area (Å²) in [5.74, 6) is 1.55. The molecule has 1 saturated heterocycles. The summed E-state index contributed by atoms with van der Waals surface area (Å²) >= 11 is 0. The lowest BCUT2D eigenvalue weighted by Gasteiger charge is -2.33. The van der Waals surface area contributed by atoms with Crippen molar-refractivity contribution < 1.29 is 14.3 Å². The van der Waals surface area contributed by atoms with Gasteiger partial charge in [-0.1, -0.05) is 36.4 Å². The fraction of sp³-hybridized carbons (Fsp3) is 0.381. The lowest BCUT2D eigenvalue weighted by molar-refractivity contribution is -0.125. The van der Waals surface area contributed by atoms with E-state index in [4.69, 9.17) is 9.47 Å². The molecule has 1 N–H and O–H groups in total. The molecule has 26 heavy (non-hydrogen) atoms. The van der Waals surface area contributed by atoms with Crippen molar-refractivity contribution in [1.29, 1.82) is 0 Å².